The number of para-hydroxylation sites is 1. The van der Waals surface area contributed by atoms with E-state index < -0.39 is 29.7 Å². The minimum atomic E-state index is -1.26. The molecule has 0 saturated carbocycles. The van der Waals surface area contributed by atoms with Crippen LogP contribution in [0.15, 0.2) is 78.9 Å². The number of imide groups is 1. The van der Waals surface area contributed by atoms with Gasteiger partial charge in [0.2, 0.25) is 5.91 Å². The van der Waals surface area contributed by atoms with Crippen LogP contribution in [0.25, 0.3) is 0 Å². The molecule has 4 amide bonds. The third-order valence-electron chi connectivity index (χ3n) is 5.65. The Hall–Kier alpha value is -4.66. The largest absolute Gasteiger partial charge is 0.496 e. The number of nitrogens with one attached hydrogen (secondary N) is 1. The van der Waals surface area contributed by atoms with Gasteiger partial charge in [0.25, 0.3) is 17.7 Å². The van der Waals surface area contributed by atoms with E-state index in [1.807, 2.05) is 6.92 Å². The number of methoxy groups -OCH3 is 1. The molecule has 1 aliphatic heterocycles. The average Bonchev–Trinajstić information content (AvgIpc) is 3.21. The molecule has 0 aromatic heterocycles. The van der Waals surface area contributed by atoms with Crippen LogP contribution in [0.4, 0.5) is 5.69 Å². The van der Waals surface area contributed by atoms with Gasteiger partial charge < -0.3 is 9.47 Å². The van der Waals surface area contributed by atoms with E-state index in [2.05, 4.69) is 5.43 Å². The number of hydrazine groups is 1. The van der Waals surface area contributed by atoms with E-state index in [-0.39, 0.29) is 23.3 Å². The second-order valence-corrected chi connectivity index (χ2v) is 7.90. The van der Waals surface area contributed by atoms with Gasteiger partial charge in [-0.15, -0.1) is 0 Å². The van der Waals surface area contributed by atoms with Crippen LogP contribution >= 0.6 is 0 Å². The normalized spacial score (nSPS) is 14.9. The minimum absolute atomic E-state index is 0.133. The topological polar surface area (TPSA) is 105 Å². The van der Waals surface area contributed by atoms with Crippen molar-refractivity contribution in [3.05, 3.63) is 90.0 Å². The van der Waals surface area contributed by atoms with Crippen molar-refractivity contribution >= 4 is 29.3 Å². The molecule has 3 aromatic rings. The Morgan fingerprint density at radius 2 is 1.64 bits per heavy atom. The van der Waals surface area contributed by atoms with Crippen molar-refractivity contribution in [2.24, 2.45) is 0 Å². The Kier molecular flexibility index (Phi) is 7.29. The predicted molar refractivity (Wildman–Crippen MR) is 132 cm³/mol. The summed E-state index contributed by atoms with van der Waals surface area (Å²) in [5.41, 5.74) is 3.31. The first-order valence-electron chi connectivity index (χ1n) is 11.4. The molecule has 0 bridgehead atoms. The first-order valence-corrected chi connectivity index (χ1v) is 11.4. The van der Waals surface area contributed by atoms with Crippen molar-refractivity contribution in [1.82, 2.24) is 10.4 Å². The first kappa shape index (κ1) is 24.5. The number of hydrogen-bond acceptors (Lipinski definition) is 6. The first-order chi connectivity index (χ1) is 17.4. The fraction of sp³-hybridized carbons (Fsp3) is 0.185. The van der Waals surface area contributed by atoms with Gasteiger partial charge in [-0.05, 0) is 55.5 Å². The van der Waals surface area contributed by atoms with Crippen LogP contribution in [0.1, 0.15) is 34.1 Å². The summed E-state index contributed by atoms with van der Waals surface area (Å²) in [6.07, 6.45) is -0.304. The molecule has 36 heavy (non-hydrogen) atoms. The standard InChI is InChI=1S/C27H25N3O6/c1-3-36-20-15-13-19(14-16-20)29-24(31)17-22(27(29)34)30(28-25(32)18-9-5-4-6-10-18)26(33)21-11-7-8-12-23(21)35-2/h4-16,22H,3,17H2,1-2H3,(H,28,32). The highest BCUT2D eigenvalue weighted by atomic mass is 16.5. The number of amides is 4. The van der Waals surface area contributed by atoms with Gasteiger partial charge >= 0.3 is 0 Å². The summed E-state index contributed by atoms with van der Waals surface area (Å²) >= 11 is 0. The highest BCUT2D eigenvalue weighted by Crippen LogP contribution is 2.29. The zero-order chi connectivity index (χ0) is 25.7. The number of carbonyl (C=O) groups is 4. The number of nitrogens with zero attached hydrogens (tertiary/aromatic N) is 2. The Labute approximate surface area is 208 Å². The van der Waals surface area contributed by atoms with E-state index >= 15 is 0 Å². The smallest absolute Gasteiger partial charge is 0.276 e. The zero-order valence-electron chi connectivity index (χ0n) is 19.8. The summed E-state index contributed by atoms with van der Waals surface area (Å²) in [4.78, 5) is 54.0. The number of rotatable bonds is 7. The van der Waals surface area contributed by atoms with Crippen molar-refractivity contribution in [1.29, 1.82) is 0 Å². The Morgan fingerprint density at radius 3 is 2.31 bits per heavy atom. The number of benzene rings is 3. The van der Waals surface area contributed by atoms with E-state index in [0.29, 0.717) is 18.0 Å². The SMILES string of the molecule is CCOc1ccc(N2C(=O)CC(N(NC(=O)c3ccccc3)C(=O)c3ccccc3OC)C2=O)cc1. The van der Waals surface area contributed by atoms with Crippen LogP contribution in [0.2, 0.25) is 0 Å². The Morgan fingerprint density at radius 1 is 0.972 bits per heavy atom. The van der Waals surface area contributed by atoms with E-state index in [1.165, 1.54) is 13.2 Å². The van der Waals surface area contributed by atoms with Crippen LogP contribution in [0, 0.1) is 0 Å². The fourth-order valence-electron chi connectivity index (χ4n) is 3.93. The van der Waals surface area contributed by atoms with E-state index in [1.54, 1.807) is 72.8 Å². The molecule has 3 aromatic carbocycles. The monoisotopic (exact) mass is 487 g/mol. The van der Waals surface area contributed by atoms with Crippen molar-refractivity contribution in [2.75, 3.05) is 18.6 Å². The lowest BCUT2D eigenvalue weighted by molar-refractivity contribution is -0.122. The predicted octanol–water partition coefficient (Wildman–Crippen LogP) is 3.21. The van der Waals surface area contributed by atoms with E-state index in [9.17, 15) is 19.2 Å². The summed E-state index contributed by atoms with van der Waals surface area (Å²) in [5.74, 6) is -1.56. The maximum Gasteiger partial charge on any atom is 0.276 e. The molecule has 0 radical (unpaired) electrons. The molecule has 4 rings (SSSR count). The summed E-state index contributed by atoms with van der Waals surface area (Å²) in [5, 5.41) is 0.919. The number of anilines is 1. The molecule has 0 spiro atoms. The molecule has 184 valence electrons. The van der Waals surface area contributed by atoms with Crippen LogP contribution in [-0.2, 0) is 9.59 Å². The van der Waals surface area contributed by atoms with Gasteiger partial charge in [0.05, 0.1) is 31.4 Å². The number of carbonyl (C=O) groups excluding carboxylic acids is 4. The lowest BCUT2D eigenvalue weighted by Gasteiger charge is -2.28. The van der Waals surface area contributed by atoms with Gasteiger partial charge in [-0.2, -0.15) is 0 Å². The molecule has 1 atom stereocenters. The van der Waals surface area contributed by atoms with Gasteiger partial charge in [0, 0.05) is 5.56 Å². The summed E-state index contributed by atoms with van der Waals surface area (Å²) in [6.45, 7) is 2.33. The minimum Gasteiger partial charge on any atom is -0.496 e. The molecular formula is C27H25N3O6. The molecule has 9 heteroatoms. The Bertz CT molecular complexity index is 1280. The van der Waals surface area contributed by atoms with Crippen LogP contribution in [0.3, 0.4) is 0 Å². The second-order valence-electron chi connectivity index (χ2n) is 7.90. The molecule has 1 N–H and O–H groups in total. The van der Waals surface area contributed by atoms with E-state index in [4.69, 9.17) is 9.47 Å². The third kappa shape index (κ3) is 4.90. The highest BCUT2D eigenvalue weighted by molar-refractivity contribution is 6.23. The summed E-state index contributed by atoms with van der Waals surface area (Å²) in [7, 11) is 1.41. The van der Waals surface area contributed by atoms with Crippen LogP contribution < -0.4 is 19.8 Å². The number of ether oxygens (including phenoxy) is 2. The van der Waals surface area contributed by atoms with Gasteiger partial charge in [-0.1, -0.05) is 30.3 Å². The quantitative estimate of drug-likeness (QED) is 0.405. The molecular weight excluding hydrogens is 462 g/mol. The maximum atomic E-state index is 13.6. The lowest BCUT2D eigenvalue weighted by Crippen LogP contribution is -2.54. The number of hydrogen-bond donors (Lipinski definition) is 1. The van der Waals surface area contributed by atoms with Gasteiger partial charge in [-0.3, -0.25) is 24.6 Å². The summed E-state index contributed by atoms with van der Waals surface area (Å²) < 4.78 is 10.7. The Balaban J connectivity index is 1.68. The molecule has 9 nitrogen and oxygen atoms in total. The van der Waals surface area contributed by atoms with Gasteiger partial charge in [0.15, 0.2) is 0 Å². The lowest BCUT2D eigenvalue weighted by atomic mass is 10.1. The van der Waals surface area contributed by atoms with Gasteiger partial charge in [-0.25, -0.2) is 9.91 Å². The fourth-order valence-corrected chi connectivity index (χ4v) is 3.93. The highest BCUT2D eigenvalue weighted by Gasteiger charge is 2.46. The van der Waals surface area contributed by atoms with Crippen LogP contribution in [-0.4, -0.2) is 48.4 Å². The van der Waals surface area contributed by atoms with Crippen molar-refractivity contribution in [2.45, 2.75) is 19.4 Å². The van der Waals surface area contributed by atoms with Crippen molar-refractivity contribution in [3.63, 3.8) is 0 Å². The third-order valence-corrected chi connectivity index (χ3v) is 5.65. The zero-order valence-corrected chi connectivity index (χ0v) is 19.8. The summed E-state index contributed by atoms with van der Waals surface area (Å²) in [6, 6.07) is 20.0. The molecule has 1 heterocycles. The molecule has 1 saturated heterocycles. The average molecular weight is 488 g/mol. The maximum absolute atomic E-state index is 13.6. The van der Waals surface area contributed by atoms with Crippen molar-refractivity contribution < 1.29 is 28.7 Å². The molecule has 1 fully saturated rings. The molecule has 1 unspecified atom stereocenters. The van der Waals surface area contributed by atoms with Crippen LogP contribution in [0.5, 0.6) is 11.5 Å². The molecule has 1 aliphatic rings. The second kappa shape index (κ2) is 10.7. The van der Waals surface area contributed by atoms with E-state index in [0.717, 1.165) is 9.91 Å². The molecule has 0 aliphatic carbocycles. The van der Waals surface area contributed by atoms with Gasteiger partial charge in [0.1, 0.15) is 17.5 Å². The van der Waals surface area contributed by atoms with Crippen molar-refractivity contribution in [3.8, 4) is 11.5 Å².